The maximum atomic E-state index is 5.51. The van der Waals surface area contributed by atoms with E-state index in [0.29, 0.717) is 18.2 Å². The summed E-state index contributed by atoms with van der Waals surface area (Å²) < 4.78 is 5.51. The summed E-state index contributed by atoms with van der Waals surface area (Å²) in [5, 5.41) is 0. The van der Waals surface area contributed by atoms with Crippen LogP contribution in [0.25, 0.3) is 0 Å². The van der Waals surface area contributed by atoms with Crippen molar-refractivity contribution in [2.45, 2.75) is 50.4 Å². The number of imidazole rings is 1. The Balaban J connectivity index is 1.69. The number of methoxy groups -OCH3 is 1. The van der Waals surface area contributed by atoms with E-state index in [2.05, 4.69) is 14.9 Å². The van der Waals surface area contributed by atoms with Crippen LogP contribution in [0.2, 0.25) is 0 Å². The molecule has 2 fully saturated rings. The molecule has 3 rings (SSSR count). The van der Waals surface area contributed by atoms with Crippen molar-refractivity contribution in [1.82, 2.24) is 14.9 Å². The van der Waals surface area contributed by atoms with E-state index in [-0.39, 0.29) is 0 Å². The molecule has 0 spiro atoms. The highest BCUT2D eigenvalue weighted by Gasteiger charge is 2.40. The molecule has 3 heterocycles. The molecule has 2 saturated heterocycles. The predicted octanol–water partition coefficient (Wildman–Crippen LogP) is 1.55. The lowest BCUT2D eigenvalue weighted by molar-refractivity contribution is 0.00210. The smallest absolute Gasteiger partial charge is 0.0922 e. The molecule has 1 N–H and O–H groups in total. The van der Waals surface area contributed by atoms with E-state index in [1.165, 1.54) is 31.4 Å². The second kappa shape index (κ2) is 4.18. The van der Waals surface area contributed by atoms with Gasteiger partial charge in [0.25, 0.3) is 0 Å². The molecule has 2 bridgehead atoms. The minimum Gasteiger partial charge on any atom is -0.381 e. The zero-order valence-electron chi connectivity index (χ0n) is 9.72. The Labute approximate surface area is 96.0 Å². The fraction of sp³-hybridized carbons (Fsp3) is 0.750. The topological polar surface area (TPSA) is 41.1 Å². The number of H-pyrrole nitrogens is 1. The predicted molar refractivity (Wildman–Crippen MR) is 61.0 cm³/mol. The number of hydrogen-bond acceptors (Lipinski definition) is 3. The van der Waals surface area contributed by atoms with Crippen LogP contribution in [0.15, 0.2) is 12.5 Å². The van der Waals surface area contributed by atoms with Gasteiger partial charge in [0.2, 0.25) is 0 Å². The Morgan fingerprint density at radius 3 is 2.75 bits per heavy atom. The van der Waals surface area contributed by atoms with Crippen LogP contribution >= 0.6 is 0 Å². The molecule has 4 heteroatoms. The zero-order chi connectivity index (χ0) is 11.0. The average molecular weight is 221 g/mol. The largest absolute Gasteiger partial charge is 0.381 e. The SMILES string of the molecule is COC1CC2CCC(C1)N2Cc1cnc[nH]1. The third kappa shape index (κ3) is 1.76. The lowest BCUT2D eigenvalue weighted by Crippen LogP contribution is -2.44. The van der Waals surface area contributed by atoms with Crippen LogP contribution in [0.3, 0.4) is 0 Å². The van der Waals surface area contributed by atoms with Crippen molar-refractivity contribution in [3.63, 3.8) is 0 Å². The third-order valence-electron chi connectivity index (χ3n) is 4.08. The highest BCUT2D eigenvalue weighted by molar-refractivity contribution is 5.01. The minimum absolute atomic E-state index is 0.482. The van der Waals surface area contributed by atoms with E-state index in [1.54, 1.807) is 6.33 Å². The van der Waals surface area contributed by atoms with Crippen molar-refractivity contribution in [1.29, 1.82) is 0 Å². The molecular formula is C12H19N3O. The van der Waals surface area contributed by atoms with Crippen molar-refractivity contribution in [2.75, 3.05) is 7.11 Å². The van der Waals surface area contributed by atoms with Gasteiger partial charge in [0.1, 0.15) is 0 Å². The van der Waals surface area contributed by atoms with Crippen LogP contribution in [0, 0.1) is 0 Å². The Morgan fingerprint density at radius 1 is 1.44 bits per heavy atom. The number of aromatic amines is 1. The monoisotopic (exact) mass is 221 g/mol. The standard InChI is InChI=1S/C12H19N3O/c1-16-12-4-10-2-3-11(5-12)15(10)7-9-6-13-8-14-9/h6,8,10-12H,2-5,7H2,1H3,(H,13,14). The summed E-state index contributed by atoms with van der Waals surface area (Å²) >= 11 is 0. The van der Waals surface area contributed by atoms with E-state index < -0.39 is 0 Å². The van der Waals surface area contributed by atoms with Gasteiger partial charge < -0.3 is 9.72 Å². The van der Waals surface area contributed by atoms with E-state index in [1.807, 2.05) is 13.3 Å². The summed E-state index contributed by atoms with van der Waals surface area (Å²) in [6.07, 6.45) is 9.23. The van der Waals surface area contributed by atoms with Crippen molar-refractivity contribution in [3.05, 3.63) is 18.2 Å². The van der Waals surface area contributed by atoms with Crippen LogP contribution in [-0.2, 0) is 11.3 Å². The van der Waals surface area contributed by atoms with Crippen LogP contribution in [0.1, 0.15) is 31.4 Å². The number of ether oxygens (including phenoxy) is 1. The summed E-state index contributed by atoms with van der Waals surface area (Å²) in [5.41, 5.74) is 1.23. The van der Waals surface area contributed by atoms with E-state index in [0.717, 1.165) is 6.54 Å². The van der Waals surface area contributed by atoms with Gasteiger partial charge in [0.05, 0.1) is 12.4 Å². The van der Waals surface area contributed by atoms with E-state index in [9.17, 15) is 0 Å². The number of aromatic nitrogens is 2. The zero-order valence-corrected chi connectivity index (χ0v) is 9.72. The maximum Gasteiger partial charge on any atom is 0.0922 e. The van der Waals surface area contributed by atoms with Gasteiger partial charge in [-0.15, -0.1) is 0 Å². The van der Waals surface area contributed by atoms with Gasteiger partial charge in [-0.2, -0.15) is 0 Å². The first-order chi connectivity index (χ1) is 7.86. The molecule has 4 nitrogen and oxygen atoms in total. The molecule has 0 radical (unpaired) electrons. The summed E-state index contributed by atoms with van der Waals surface area (Å²) in [7, 11) is 1.84. The molecule has 1 aromatic rings. The number of piperidine rings is 1. The van der Waals surface area contributed by atoms with Gasteiger partial charge in [-0.05, 0) is 25.7 Å². The third-order valence-corrected chi connectivity index (χ3v) is 4.08. The van der Waals surface area contributed by atoms with Crippen molar-refractivity contribution in [3.8, 4) is 0 Å². The Hall–Kier alpha value is -0.870. The molecule has 0 saturated carbocycles. The molecule has 1 aromatic heterocycles. The molecule has 88 valence electrons. The van der Waals surface area contributed by atoms with Crippen LogP contribution in [0.4, 0.5) is 0 Å². The number of fused-ring (bicyclic) bond motifs is 2. The first-order valence-electron chi connectivity index (χ1n) is 6.12. The molecular weight excluding hydrogens is 202 g/mol. The van der Waals surface area contributed by atoms with Crippen molar-refractivity contribution < 1.29 is 4.74 Å². The van der Waals surface area contributed by atoms with Gasteiger partial charge in [-0.25, -0.2) is 4.98 Å². The summed E-state index contributed by atoms with van der Waals surface area (Å²) in [5.74, 6) is 0. The summed E-state index contributed by atoms with van der Waals surface area (Å²) in [6, 6.07) is 1.43. The molecule has 2 atom stereocenters. The molecule has 0 aliphatic carbocycles. The number of nitrogens with zero attached hydrogens (tertiary/aromatic N) is 2. The molecule has 16 heavy (non-hydrogen) atoms. The van der Waals surface area contributed by atoms with Gasteiger partial charge >= 0.3 is 0 Å². The first kappa shape index (κ1) is 10.3. The average Bonchev–Trinajstić information content (AvgIpc) is 2.87. The molecule has 2 unspecified atom stereocenters. The minimum atomic E-state index is 0.482. The van der Waals surface area contributed by atoms with Gasteiger partial charge in [-0.1, -0.05) is 0 Å². The van der Waals surface area contributed by atoms with Crippen LogP contribution in [0.5, 0.6) is 0 Å². The fourth-order valence-corrected chi connectivity index (χ4v) is 3.24. The Kier molecular flexibility index (Phi) is 2.69. The summed E-state index contributed by atoms with van der Waals surface area (Å²) in [6.45, 7) is 1.02. The number of nitrogens with one attached hydrogen (secondary N) is 1. The Morgan fingerprint density at radius 2 is 2.19 bits per heavy atom. The van der Waals surface area contributed by atoms with Crippen LogP contribution in [-0.4, -0.2) is 40.2 Å². The van der Waals surface area contributed by atoms with Crippen molar-refractivity contribution in [2.24, 2.45) is 0 Å². The maximum absolute atomic E-state index is 5.51. The Bertz CT molecular complexity index is 324. The molecule has 0 amide bonds. The second-order valence-corrected chi connectivity index (χ2v) is 4.96. The second-order valence-electron chi connectivity index (χ2n) is 4.96. The lowest BCUT2D eigenvalue weighted by atomic mass is 9.99. The van der Waals surface area contributed by atoms with Gasteiger partial charge in [0, 0.05) is 37.6 Å². The molecule has 2 aliphatic rings. The van der Waals surface area contributed by atoms with Crippen LogP contribution < -0.4 is 0 Å². The number of rotatable bonds is 3. The van der Waals surface area contributed by atoms with Gasteiger partial charge in [-0.3, -0.25) is 4.90 Å². The summed E-state index contributed by atoms with van der Waals surface area (Å²) in [4.78, 5) is 9.90. The normalized spacial score (nSPS) is 34.4. The first-order valence-corrected chi connectivity index (χ1v) is 6.12. The quantitative estimate of drug-likeness (QED) is 0.842. The van der Waals surface area contributed by atoms with Gasteiger partial charge in [0.15, 0.2) is 0 Å². The highest BCUT2D eigenvalue weighted by atomic mass is 16.5. The van der Waals surface area contributed by atoms with E-state index >= 15 is 0 Å². The fourth-order valence-electron chi connectivity index (χ4n) is 3.24. The van der Waals surface area contributed by atoms with E-state index in [4.69, 9.17) is 4.74 Å². The molecule has 0 aromatic carbocycles. The van der Waals surface area contributed by atoms with Crippen molar-refractivity contribution >= 4 is 0 Å². The highest BCUT2D eigenvalue weighted by Crippen LogP contribution is 2.37. The molecule has 2 aliphatic heterocycles. The number of hydrogen-bond donors (Lipinski definition) is 1. The lowest BCUT2D eigenvalue weighted by Gasteiger charge is -2.38.